The summed E-state index contributed by atoms with van der Waals surface area (Å²) in [7, 11) is -1.47. The lowest BCUT2D eigenvalue weighted by atomic mass is 9.76. The van der Waals surface area contributed by atoms with Crippen LogP contribution in [0, 0.1) is 5.41 Å². The van der Waals surface area contributed by atoms with Crippen LogP contribution in [0.15, 0.2) is 34.6 Å². The Morgan fingerprint density at radius 1 is 1.37 bits per heavy atom. The van der Waals surface area contributed by atoms with Gasteiger partial charge in [-0.2, -0.15) is 0 Å². The molecule has 0 fully saturated rings. The Labute approximate surface area is 118 Å². The monoisotopic (exact) mass is 278 g/mol. The van der Waals surface area contributed by atoms with Gasteiger partial charge in [-0.1, -0.05) is 6.92 Å². The summed E-state index contributed by atoms with van der Waals surface area (Å²) in [5.41, 5.74) is 0.264. The molecule has 19 heavy (non-hydrogen) atoms. The molecule has 1 atom stereocenters. The molecule has 1 heterocycles. The lowest BCUT2D eigenvalue weighted by Crippen LogP contribution is -2.28. The summed E-state index contributed by atoms with van der Waals surface area (Å²) < 4.78 is 11.6. The van der Waals surface area contributed by atoms with Crippen molar-refractivity contribution in [2.45, 2.75) is 58.7 Å². The van der Waals surface area contributed by atoms with E-state index in [4.69, 9.17) is 8.84 Å². The van der Waals surface area contributed by atoms with Crippen molar-refractivity contribution < 1.29 is 8.84 Å². The first-order chi connectivity index (χ1) is 8.86. The van der Waals surface area contributed by atoms with Crippen molar-refractivity contribution in [3.05, 3.63) is 36.0 Å². The maximum Gasteiger partial charge on any atom is 0.241 e. The summed E-state index contributed by atoms with van der Waals surface area (Å²) in [5.74, 6) is 2.32. The van der Waals surface area contributed by atoms with Gasteiger partial charge in [0.25, 0.3) is 0 Å². The number of allylic oxidation sites excluding steroid dienone is 2. The summed E-state index contributed by atoms with van der Waals surface area (Å²) in [6, 6.07) is 4.03. The van der Waals surface area contributed by atoms with Crippen molar-refractivity contribution in [3.8, 4) is 0 Å². The Morgan fingerprint density at radius 2 is 2.16 bits per heavy atom. The Bertz CT molecular complexity index is 428. The molecule has 1 aliphatic rings. The van der Waals surface area contributed by atoms with E-state index in [2.05, 4.69) is 38.7 Å². The summed E-state index contributed by atoms with van der Waals surface area (Å²) in [5, 5.41) is 0. The van der Waals surface area contributed by atoms with Gasteiger partial charge in [0.05, 0.1) is 12.0 Å². The van der Waals surface area contributed by atoms with Crippen molar-refractivity contribution in [2.75, 3.05) is 0 Å². The van der Waals surface area contributed by atoms with E-state index in [1.54, 1.807) is 6.26 Å². The van der Waals surface area contributed by atoms with E-state index in [0.29, 0.717) is 0 Å². The fourth-order valence-electron chi connectivity index (χ4n) is 2.73. The van der Waals surface area contributed by atoms with Crippen LogP contribution in [0.1, 0.15) is 38.4 Å². The Morgan fingerprint density at radius 3 is 2.79 bits per heavy atom. The quantitative estimate of drug-likeness (QED) is 0.696. The fraction of sp³-hybridized carbons (Fsp3) is 0.625. The first kappa shape index (κ1) is 14.4. The van der Waals surface area contributed by atoms with Crippen molar-refractivity contribution in [2.24, 2.45) is 5.41 Å². The van der Waals surface area contributed by atoms with E-state index in [1.165, 1.54) is 18.6 Å². The summed E-state index contributed by atoms with van der Waals surface area (Å²) in [6.45, 7) is 9.11. The maximum absolute atomic E-state index is 6.19. The van der Waals surface area contributed by atoms with Crippen LogP contribution in [0.2, 0.25) is 19.6 Å². The Kier molecular flexibility index (Phi) is 4.24. The topological polar surface area (TPSA) is 22.4 Å². The standard InChI is InChI=1S/C16H26O2Si/c1-16(11-9-14-8-6-12-17-14)10-5-7-15(13-16)18-19(2,3)4/h6,8,12-13H,5,7,9-11H2,1-4H3/t16-/m1/s1. The second-order valence-electron chi connectivity index (χ2n) is 6.91. The molecular formula is C16H26O2Si. The number of aryl methyl sites for hydroxylation is 1. The zero-order valence-electron chi connectivity index (χ0n) is 12.7. The van der Waals surface area contributed by atoms with Gasteiger partial charge in [0.15, 0.2) is 0 Å². The lowest BCUT2D eigenvalue weighted by Gasteiger charge is -2.33. The van der Waals surface area contributed by atoms with Gasteiger partial charge in [0, 0.05) is 12.8 Å². The molecule has 1 aliphatic carbocycles. The minimum Gasteiger partial charge on any atom is -0.548 e. The molecule has 2 rings (SSSR count). The first-order valence-corrected chi connectivity index (χ1v) is 10.7. The number of furan rings is 1. The molecule has 1 aromatic rings. The van der Waals surface area contributed by atoms with Crippen molar-refractivity contribution in [1.82, 2.24) is 0 Å². The van der Waals surface area contributed by atoms with Gasteiger partial charge >= 0.3 is 0 Å². The third-order valence-electron chi connectivity index (χ3n) is 3.64. The maximum atomic E-state index is 6.19. The molecule has 0 bridgehead atoms. The molecule has 2 nitrogen and oxygen atoms in total. The Balaban J connectivity index is 1.99. The highest BCUT2D eigenvalue weighted by Crippen LogP contribution is 2.38. The second kappa shape index (κ2) is 5.57. The second-order valence-corrected chi connectivity index (χ2v) is 11.3. The van der Waals surface area contributed by atoms with E-state index in [9.17, 15) is 0 Å². The predicted molar refractivity (Wildman–Crippen MR) is 81.5 cm³/mol. The number of hydrogen-bond donors (Lipinski definition) is 0. The molecule has 3 heteroatoms. The average Bonchev–Trinajstić information content (AvgIpc) is 2.77. The summed E-state index contributed by atoms with van der Waals surface area (Å²) in [4.78, 5) is 0. The first-order valence-electron chi connectivity index (χ1n) is 7.29. The van der Waals surface area contributed by atoms with E-state index in [1.807, 2.05) is 6.07 Å². The van der Waals surface area contributed by atoms with Crippen LogP contribution in [0.25, 0.3) is 0 Å². The largest absolute Gasteiger partial charge is 0.548 e. The SMILES string of the molecule is C[C@@]1(CCc2ccco2)C=C(O[Si](C)(C)C)CCC1. The molecule has 1 aromatic heterocycles. The molecule has 0 radical (unpaired) electrons. The molecule has 0 aliphatic heterocycles. The van der Waals surface area contributed by atoms with Gasteiger partial charge in [0.1, 0.15) is 5.76 Å². The predicted octanol–water partition coefficient (Wildman–Crippen LogP) is 5.14. The average molecular weight is 278 g/mol. The Hall–Kier alpha value is -0.963. The third-order valence-corrected chi connectivity index (χ3v) is 4.51. The van der Waals surface area contributed by atoms with Gasteiger partial charge in [-0.15, -0.1) is 0 Å². The highest BCUT2D eigenvalue weighted by molar-refractivity contribution is 6.70. The minimum atomic E-state index is -1.47. The highest BCUT2D eigenvalue weighted by atomic mass is 28.4. The third kappa shape index (κ3) is 4.57. The van der Waals surface area contributed by atoms with Crippen LogP contribution < -0.4 is 0 Å². The van der Waals surface area contributed by atoms with Crippen molar-refractivity contribution >= 4 is 8.32 Å². The zero-order valence-corrected chi connectivity index (χ0v) is 13.7. The van der Waals surface area contributed by atoms with Crippen LogP contribution in [-0.4, -0.2) is 8.32 Å². The molecular weight excluding hydrogens is 252 g/mol. The molecule has 106 valence electrons. The minimum absolute atomic E-state index is 0.264. The van der Waals surface area contributed by atoms with E-state index >= 15 is 0 Å². The van der Waals surface area contributed by atoms with Gasteiger partial charge in [-0.25, -0.2) is 0 Å². The molecule has 0 saturated heterocycles. The highest BCUT2D eigenvalue weighted by Gasteiger charge is 2.28. The molecule has 0 aromatic carbocycles. The zero-order chi connectivity index (χ0) is 13.9. The van der Waals surface area contributed by atoms with Crippen LogP contribution in [0.5, 0.6) is 0 Å². The van der Waals surface area contributed by atoms with Crippen LogP contribution in [-0.2, 0) is 10.8 Å². The van der Waals surface area contributed by atoms with Crippen molar-refractivity contribution in [1.29, 1.82) is 0 Å². The lowest BCUT2D eigenvalue weighted by molar-refractivity contribution is 0.277. The van der Waals surface area contributed by atoms with Gasteiger partial charge in [0.2, 0.25) is 8.32 Å². The van der Waals surface area contributed by atoms with E-state index in [0.717, 1.165) is 25.0 Å². The van der Waals surface area contributed by atoms with E-state index < -0.39 is 8.32 Å². The van der Waals surface area contributed by atoms with Crippen molar-refractivity contribution in [3.63, 3.8) is 0 Å². The fourth-order valence-corrected chi connectivity index (χ4v) is 3.68. The van der Waals surface area contributed by atoms with E-state index in [-0.39, 0.29) is 5.41 Å². The van der Waals surface area contributed by atoms with Crippen LogP contribution >= 0.6 is 0 Å². The number of hydrogen-bond acceptors (Lipinski definition) is 2. The molecule has 0 unspecified atom stereocenters. The summed E-state index contributed by atoms with van der Waals surface area (Å²) >= 11 is 0. The van der Waals surface area contributed by atoms with Gasteiger partial charge < -0.3 is 8.84 Å². The molecule has 0 saturated carbocycles. The summed E-state index contributed by atoms with van der Waals surface area (Å²) in [6.07, 6.45) is 9.91. The van der Waals surface area contributed by atoms with Gasteiger partial charge in [-0.3, -0.25) is 0 Å². The van der Waals surface area contributed by atoms with Crippen LogP contribution in [0.3, 0.4) is 0 Å². The molecule has 0 N–H and O–H groups in total. The molecule has 0 spiro atoms. The normalized spacial score (nSPS) is 24.1. The van der Waals surface area contributed by atoms with Crippen LogP contribution in [0.4, 0.5) is 0 Å². The number of rotatable bonds is 5. The van der Waals surface area contributed by atoms with Gasteiger partial charge in [-0.05, 0) is 62.5 Å². The smallest absolute Gasteiger partial charge is 0.241 e. The molecule has 0 amide bonds.